The molecule has 0 radical (unpaired) electrons. The molecule has 248 valence electrons. The van der Waals surface area contributed by atoms with Gasteiger partial charge in [-0.15, -0.1) is 23.4 Å². The first-order valence-corrected chi connectivity index (χ1v) is 15.9. The minimum atomic E-state index is -4.85. The Hall–Kier alpha value is -4.48. The van der Waals surface area contributed by atoms with Gasteiger partial charge in [0.25, 0.3) is 0 Å². The first kappa shape index (κ1) is 32.5. The normalized spacial score (nSPS) is 20.4. The fraction of sp³-hybridized carbons (Fsp3) is 0.333. The molecule has 0 saturated heterocycles. The summed E-state index contributed by atoms with van der Waals surface area (Å²) in [6, 6.07) is 11.8. The van der Waals surface area contributed by atoms with Crippen LogP contribution < -0.4 is 21.1 Å². The average Bonchev–Trinajstić information content (AvgIpc) is 3.50. The van der Waals surface area contributed by atoms with Crippen LogP contribution in [-0.4, -0.2) is 53.6 Å². The van der Waals surface area contributed by atoms with Crippen molar-refractivity contribution in [2.45, 2.75) is 61.0 Å². The zero-order valence-electron chi connectivity index (χ0n) is 24.4. The van der Waals surface area contributed by atoms with Crippen molar-refractivity contribution < 1.29 is 44.3 Å². The molecular weight excluding hydrogens is 651 g/mol. The summed E-state index contributed by atoms with van der Waals surface area (Å²) in [6.07, 6.45) is -4.92. The topological polar surface area (TPSA) is 168 Å². The van der Waals surface area contributed by atoms with Crippen molar-refractivity contribution in [2.75, 3.05) is 10.7 Å². The van der Waals surface area contributed by atoms with Crippen molar-refractivity contribution >= 4 is 21.4 Å². The van der Waals surface area contributed by atoms with Gasteiger partial charge in [-0.3, -0.25) is 9.78 Å². The Morgan fingerprint density at radius 1 is 0.979 bits per heavy atom. The van der Waals surface area contributed by atoms with Crippen LogP contribution in [0, 0.1) is 0 Å². The van der Waals surface area contributed by atoms with Crippen molar-refractivity contribution in [3.63, 3.8) is 0 Å². The van der Waals surface area contributed by atoms with Gasteiger partial charge >= 0.3 is 6.36 Å². The lowest BCUT2D eigenvalue weighted by Crippen LogP contribution is -2.45. The standard InChI is InChI=1S/C30H27F5N6O5S/c31-29(32)11-9-28(37,10-12-29)27-40-39-25(45-27)19-5-8-24-23(13-19)41(26(42)21(36)16-47(24,43)44)15-17-1-3-18(4-2-17)22-7-6-20(14-38-22)46-30(33,34)35/h1-8,13-14,21H,9-12,15-16,36-37H2/t21-/m0/s1. The second-order valence-corrected chi connectivity index (χ2v) is 13.5. The predicted molar refractivity (Wildman–Crippen MR) is 157 cm³/mol. The first-order chi connectivity index (χ1) is 22.0. The second kappa shape index (κ2) is 11.6. The number of nitrogens with zero attached hydrogens (tertiary/aromatic N) is 4. The van der Waals surface area contributed by atoms with E-state index in [9.17, 15) is 35.2 Å². The van der Waals surface area contributed by atoms with E-state index < -0.39 is 64.0 Å². The van der Waals surface area contributed by atoms with E-state index in [1.807, 2.05) is 0 Å². The summed E-state index contributed by atoms with van der Waals surface area (Å²) in [6.45, 7) is -0.0974. The molecule has 1 aliphatic carbocycles. The molecule has 6 rings (SSSR count). The molecule has 0 bridgehead atoms. The maximum Gasteiger partial charge on any atom is 0.573 e. The molecule has 2 aliphatic rings. The van der Waals surface area contributed by atoms with Gasteiger partial charge in [0.05, 0.1) is 46.4 Å². The number of rotatable bonds is 6. The number of halogens is 5. The molecule has 0 unspecified atom stereocenters. The highest BCUT2D eigenvalue weighted by Crippen LogP contribution is 2.43. The predicted octanol–water partition coefficient (Wildman–Crippen LogP) is 4.71. The summed E-state index contributed by atoms with van der Waals surface area (Å²) in [5.41, 5.74) is 12.9. The SMILES string of the molecule is N[C@H]1CS(=O)(=O)c2ccc(-c3nnc(C4(N)CCC(F)(F)CC4)o3)cc2N(Cc2ccc(-c3ccc(OC(F)(F)F)cn3)cc2)C1=O. The molecule has 1 atom stereocenters. The van der Waals surface area contributed by atoms with Crippen LogP contribution in [-0.2, 0) is 26.7 Å². The monoisotopic (exact) mass is 678 g/mol. The number of hydrogen-bond acceptors (Lipinski definition) is 10. The Labute approximate surface area is 264 Å². The van der Waals surface area contributed by atoms with Gasteiger partial charge in [-0.25, -0.2) is 17.2 Å². The summed E-state index contributed by atoms with van der Waals surface area (Å²) >= 11 is 0. The highest BCUT2D eigenvalue weighted by molar-refractivity contribution is 7.91. The second-order valence-electron chi connectivity index (χ2n) is 11.5. The van der Waals surface area contributed by atoms with Gasteiger partial charge in [-0.05, 0) is 48.7 Å². The van der Waals surface area contributed by atoms with Gasteiger partial charge in [0.1, 0.15) is 5.75 Å². The molecule has 17 heteroatoms. The van der Waals surface area contributed by atoms with Gasteiger partial charge in [0, 0.05) is 24.0 Å². The van der Waals surface area contributed by atoms with Gasteiger partial charge in [-0.1, -0.05) is 24.3 Å². The van der Waals surface area contributed by atoms with Gasteiger partial charge in [-0.2, -0.15) is 0 Å². The fourth-order valence-electron chi connectivity index (χ4n) is 5.53. The van der Waals surface area contributed by atoms with Crippen molar-refractivity contribution in [1.82, 2.24) is 15.2 Å². The summed E-state index contributed by atoms with van der Waals surface area (Å²) < 4.78 is 101. The Balaban J connectivity index is 1.29. The van der Waals surface area contributed by atoms with E-state index in [1.54, 1.807) is 24.3 Å². The Morgan fingerprint density at radius 3 is 2.30 bits per heavy atom. The van der Waals surface area contributed by atoms with Crippen LogP contribution in [0.1, 0.15) is 37.1 Å². The molecule has 1 aliphatic heterocycles. The van der Waals surface area contributed by atoms with Gasteiger partial charge in [0.15, 0.2) is 9.84 Å². The number of hydrogen-bond donors (Lipinski definition) is 2. The van der Waals surface area contributed by atoms with Crippen LogP contribution in [0.15, 0.2) is 70.1 Å². The molecule has 1 fully saturated rings. The van der Waals surface area contributed by atoms with Crippen LogP contribution >= 0.6 is 0 Å². The third-order valence-corrected chi connectivity index (χ3v) is 9.91. The van der Waals surface area contributed by atoms with Crippen molar-refractivity contribution in [1.29, 1.82) is 0 Å². The minimum Gasteiger partial charge on any atom is -0.419 e. The number of fused-ring (bicyclic) bond motifs is 1. The number of nitrogens with two attached hydrogens (primary N) is 2. The van der Waals surface area contributed by atoms with Gasteiger partial charge < -0.3 is 25.5 Å². The number of alkyl halides is 5. The van der Waals surface area contributed by atoms with Crippen molar-refractivity contribution in [3.05, 3.63) is 72.2 Å². The smallest absolute Gasteiger partial charge is 0.419 e. The quantitative estimate of drug-likeness (QED) is 0.273. The molecule has 47 heavy (non-hydrogen) atoms. The number of aromatic nitrogens is 3. The summed E-state index contributed by atoms with van der Waals surface area (Å²) in [7, 11) is -4.01. The van der Waals surface area contributed by atoms with Crippen LogP contribution in [0.4, 0.5) is 27.6 Å². The zero-order chi connectivity index (χ0) is 33.8. The van der Waals surface area contributed by atoms with Crippen LogP contribution in [0.2, 0.25) is 0 Å². The lowest BCUT2D eigenvalue weighted by Gasteiger charge is -2.34. The lowest BCUT2D eigenvalue weighted by atomic mass is 9.80. The Kier molecular flexibility index (Phi) is 8.04. The average molecular weight is 679 g/mol. The van der Waals surface area contributed by atoms with E-state index in [4.69, 9.17) is 15.9 Å². The van der Waals surface area contributed by atoms with Crippen LogP contribution in [0.5, 0.6) is 5.75 Å². The number of anilines is 1. The Morgan fingerprint density at radius 2 is 1.66 bits per heavy atom. The summed E-state index contributed by atoms with van der Waals surface area (Å²) in [5.74, 6) is -4.67. The third-order valence-electron chi connectivity index (χ3n) is 8.10. The molecule has 1 amide bonds. The maximum absolute atomic E-state index is 13.7. The molecule has 1 saturated carbocycles. The Bertz CT molecular complexity index is 1910. The van der Waals surface area contributed by atoms with Crippen LogP contribution in [0.3, 0.4) is 0 Å². The largest absolute Gasteiger partial charge is 0.573 e. The van der Waals surface area contributed by atoms with E-state index in [0.717, 1.165) is 12.3 Å². The van der Waals surface area contributed by atoms with Crippen molar-refractivity contribution in [3.8, 4) is 28.5 Å². The molecule has 0 spiro atoms. The van der Waals surface area contributed by atoms with Crippen molar-refractivity contribution in [2.24, 2.45) is 11.5 Å². The number of carbonyl (C=O) groups excluding carboxylic acids is 1. The number of sulfone groups is 1. The lowest BCUT2D eigenvalue weighted by molar-refractivity contribution is -0.274. The maximum atomic E-state index is 13.7. The fourth-order valence-corrected chi connectivity index (χ4v) is 7.09. The third kappa shape index (κ3) is 6.82. The number of amides is 1. The number of ether oxygens (including phenoxy) is 1. The highest BCUT2D eigenvalue weighted by Gasteiger charge is 2.45. The van der Waals surface area contributed by atoms with Crippen LogP contribution in [0.25, 0.3) is 22.7 Å². The minimum absolute atomic E-state index is 0.0194. The van der Waals surface area contributed by atoms with E-state index in [-0.39, 0.29) is 47.3 Å². The first-order valence-electron chi connectivity index (χ1n) is 14.3. The molecule has 4 aromatic rings. The summed E-state index contributed by atoms with van der Waals surface area (Å²) in [5, 5.41) is 8.02. The summed E-state index contributed by atoms with van der Waals surface area (Å²) in [4.78, 5) is 18.6. The number of carbonyl (C=O) groups is 1. The molecular formula is C30H27F5N6O5S. The van der Waals surface area contributed by atoms with E-state index in [0.29, 0.717) is 16.8 Å². The number of benzene rings is 2. The van der Waals surface area contributed by atoms with Gasteiger partial charge in [0.2, 0.25) is 23.6 Å². The van der Waals surface area contributed by atoms with E-state index in [1.165, 1.54) is 29.2 Å². The highest BCUT2D eigenvalue weighted by atomic mass is 32.2. The molecule has 4 N–H and O–H groups in total. The molecule has 11 nitrogen and oxygen atoms in total. The zero-order valence-corrected chi connectivity index (χ0v) is 25.2. The molecule has 2 aromatic heterocycles. The number of pyridine rings is 1. The van der Waals surface area contributed by atoms with E-state index in [2.05, 4.69) is 19.9 Å². The van der Waals surface area contributed by atoms with E-state index >= 15 is 0 Å². The molecule has 2 aromatic carbocycles. The molecule has 3 heterocycles.